The highest BCUT2D eigenvalue weighted by atomic mass is 32.2. The summed E-state index contributed by atoms with van der Waals surface area (Å²) in [5, 5.41) is 12.9. The minimum Gasteiger partial charge on any atom is -0.489 e. The maximum absolute atomic E-state index is 13.3. The van der Waals surface area contributed by atoms with E-state index in [-0.39, 0.29) is 24.2 Å². The molecule has 1 aliphatic rings. The van der Waals surface area contributed by atoms with Gasteiger partial charge in [0, 0.05) is 0 Å². The third kappa shape index (κ3) is 5.49. The van der Waals surface area contributed by atoms with Crippen LogP contribution in [0, 0.1) is 17.1 Å². The van der Waals surface area contributed by atoms with Crippen molar-refractivity contribution >= 4 is 15.7 Å². The first kappa shape index (κ1) is 22.1. The highest BCUT2D eigenvalue weighted by molar-refractivity contribution is 7.92. The molecule has 2 aromatic rings. The molecule has 0 amide bonds. The molecule has 0 aliphatic carbocycles. The molecular weight excluding hydrogens is 405 g/mol. The van der Waals surface area contributed by atoms with E-state index in [4.69, 9.17) is 4.74 Å². The molecule has 6 nitrogen and oxygen atoms in total. The van der Waals surface area contributed by atoms with Gasteiger partial charge in [-0.1, -0.05) is 19.1 Å². The molecule has 1 heterocycles. The van der Waals surface area contributed by atoms with E-state index >= 15 is 0 Å². The summed E-state index contributed by atoms with van der Waals surface area (Å²) < 4.78 is 46.4. The number of piperidine rings is 1. The Bertz CT molecular complexity index is 997. The molecule has 30 heavy (non-hydrogen) atoms. The molecule has 160 valence electrons. The number of halogens is 1. The summed E-state index contributed by atoms with van der Waals surface area (Å²) in [6.45, 7) is 3.59. The average Bonchev–Trinajstić information content (AvgIpc) is 2.74. The summed E-state index contributed by atoms with van der Waals surface area (Å²) in [6, 6.07) is 12.7. The fourth-order valence-electron chi connectivity index (χ4n) is 3.43. The van der Waals surface area contributed by atoms with Gasteiger partial charge in [-0.25, -0.2) is 12.8 Å². The van der Waals surface area contributed by atoms with Crippen molar-refractivity contribution in [1.29, 1.82) is 5.26 Å². The third-order valence-corrected chi connectivity index (χ3v) is 6.92. The molecular formula is C22H26FN3O3S. The monoisotopic (exact) mass is 431 g/mol. The molecule has 0 saturated carbocycles. The second kappa shape index (κ2) is 9.92. The lowest BCUT2D eigenvalue weighted by Crippen LogP contribution is -2.34. The Balaban J connectivity index is 1.91. The molecule has 3 rings (SSSR count). The lowest BCUT2D eigenvalue weighted by molar-refractivity contribution is 0.162. The molecule has 1 saturated heterocycles. The van der Waals surface area contributed by atoms with Gasteiger partial charge in [0.1, 0.15) is 23.7 Å². The van der Waals surface area contributed by atoms with Gasteiger partial charge in [-0.3, -0.25) is 4.31 Å². The normalized spacial score (nSPS) is 14.8. The number of ether oxygens (including phenoxy) is 1. The van der Waals surface area contributed by atoms with Gasteiger partial charge in [0.05, 0.1) is 23.5 Å². The molecule has 0 aromatic heterocycles. The van der Waals surface area contributed by atoms with Crippen molar-refractivity contribution < 1.29 is 17.5 Å². The van der Waals surface area contributed by atoms with Crippen LogP contribution in [0.3, 0.4) is 0 Å². The first-order valence-electron chi connectivity index (χ1n) is 10.1. The Morgan fingerprint density at radius 1 is 1.20 bits per heavy atom. The number of sulfonamides is 1. The van der Waals surface area contributed by atoms with Crippen molar-refractivity contribution in [1.82, 2.24) is 5.32 Å². The van der Waals surface area contributed by atoms with Gasteiger partial charge < -0.3 is 10.1 Å². The van der Waals surface area contributed by atoms with E-state index in [9.17, 15) is 18.1 Å². The number of anilines is 1. The van der Waals surface area contributed by atoms with Crippen LogP contribution in [0.1, 0.15) is 37.3 Å². The highest BCUT2D eigenvalue weighted by Crippen LogP contribution is 2.29. The van der Waals surface area contributed by atoms with Gasteiger partial charge in [-0.15, -0.1) is 0 Å². The number of hydrogen-bond donors (Lipinski definition) is 1. The van der Waals surface area contributed by atoms with Crippen LogP contribution in [-0.2, 0) is 16.6 Å². The van der Waals surface area contributed by atoms with Crippen LogP contribution in [0.5, 0.6) is 5.75 Å². The van der Waals surface area contributed by atoms with Crippen LogP contribution < -0.4 is 14.4 Å². The van der Waals surface area contributed by atoms with E-state index in [1.54, 1.807) is 37.3 Å². The molecule has 8 heteroatoms. The van der Waals surface area contributed by atoms with E-state index < -0.39 is 10.0 Å². The molecule has 1 N–H and O–H groups in total. The van der Waals surface area contributed by atoms with E-state index in [0.717, 1.165) is 25.9 Å². The van der Waals surface area contributed by atoms with Crippen molar-refractivity contribution in [3.05, 3.63) is 59.4 Å². The predicted molar refractivity (Wildman–Crippen MR) is 114 cm³/mol. The van der Waals surface area contributed by atoms with Gasteiger partial charge in [0.25, 0.3) is 0 Å². The average molecular weight is 432 g/mol. The predicted octanol–water partition coefficient (Wildman–Crippen LogP) is 3.57. The van der Waals surface area contributed by atoms with Crippen LogP contribution in [0.4, 0.5) is 10.1 Å². The summed E-state index contributed by atoms with van der Waals surface area (Å²) in [5.41, 5.74) is 1.34. The molecule has 0 radical (unpaired) electrons. The minimum absolute atomic E-state index is 0.0244. The Labute approximate surface area is 177 Å². The molecule has 0 spiro atoms. The SMILES string of the molecule is CCCS(=O)(=O)N(Cc1ccc(F)cc1)c1ccc(OC2CCNCC2)c(C#N)c1. The lowest BCUT2D eigenvalue weighted by Gasteiger charge is -2.27. The topological polar surface area (TPSA) is 82.4 Å². The van der Waals surface area contributed by atoms with Crippen molar-refractivity contribution in [3.8, 4) is 11.8 Å². The van der Waals surface area contributed by atoms with Crippen molar-refractivity contribution in [2.75, 3.05) is 23.1 Å². The van der Waals surface area contributed by atoms with Gasteiger partial charge in [0.2, 0.25) is 10.0 Å². The summed E-state index contributed by atoms with van der Waals surface area (Å²) in [4.78, 5) is 0. The van der Waals surface area contributed by atoms with Crippen molar-refractivity contribution in [2.24, 2.45) is 0 Å². The fraction of sp³-hybridized carbons (Fsp3) is 0.409. The number of benzene rings is 2. The summed E-state index contributed by atoms with van der Waals surface area (Å²) in [7, 11) is -3.62. The molecule has 2 aromatic carbocycles. The molecule has 0 unspecified atom stereocenters. The number of nitriles is 1. The van der Waals surface area contributed by atoms with Crippen LogP contribution in [0.2, 0.25) is 0 Å². The highest BCUT2D eigenvalue weighted by Gasteiger charge is 2.24. The smallest absolute Gasteiger partial charge is 0.235 e. The fourth-order valence-corrected chi connectivity index (χ4v) is 4.95. The van der Waals surface area contributed by atoms with Crippen LogP contribution in [0.15, 0.2) is 42.5 Å². The van der Waals surface area contributed by atoms with Gasteiger partial charge in [-0.05, 0) is 68.2 Å². The Hall–Kier alpha value is -2.63. The van der Waals surface area contributed by atoms with E-state index in [0.29, 0.717) is 29.0 Å². The second-order valence-electron chi connectivity index (χ2n) is 7.31. The maximum atomic E-state index is 13.3. The first-order valence-corrected chi connectivity index (χ1v) is 11.7. The summed E-state index contributed by atoms with van der Waals surface area (Å²) in [6.07, 6.45) is 2.20. The summed E-state index contributed by atoms with van der Waals surface area (Å²) >= 11 is 0. The zero-order valence-electron chi connectivity index (χ0n) is 17.0. The number of rotatable bonds is 8. The minimum atomic E-state index is -3.62. The zero-order valence-corrected chi connectivity index (χ0v) is 17.8. The molecule has 0 atom stereocenters. The van der Waals surface area contributed by atoms with Crippen LogP contribution in [0.25, 0.3) is 0 Å². The largest absolute Gasteiger partial charge is 0.489 e. The Morgan fingerprint density at radius 2 is 1.90 bits per heavy atom. The van der Waals surface area contributed by atoms with Crippen molar-refractivity contribution in [2.45, 2.75) is 38.8 Å². The quantitative estimate of drug-likeness (QED) is 0.691. The van der Waals surface area contributed by atoms with E-state index in [2.05, 4.69) is 11.4 Å². The summed E-state index contributed by atoms with van der Waals surface area (Å²) in [5.74, 6) is 0.0549. The Morgan fingerprint density at radius 3 is 2.53 bits per heavy atom. The van der Waals surface area contributed by atoms with E-state index in [1.165, 1.54) is 16.4 Å². The number of nitrogens with one attached hydrogen (secondary N) is 1. The number of hydrogen-bond acceptors (Lipinski definition) is 5. The van der Waals surface area contributed by atoms with Crippen molar-refractivity contribution in [3.63, 3.8) is 0 Å². The molecule has 1 fully saturated rings. The maximum Gasteiger partial charge on any atom is 0.235 e. The van der Waals surface area contributed by atoms with Gasteiger partial charge in [-0.2, -0.15) is 5.26 Å². The first-order chi connectivity index (χ1) is 14.4. The molecule has 1 aliphatic heterocycles. The second-order valence-corrected chi connectivity index (χ2v) is 9.32. The number of nitrogens with zero attached hydrogens (tertiary/aromatic N) is 2. The van der Waals surface area contributed by atoms with Gasteiger partial charge in [0.15, 0.2) is 0 Å². The third-order valence-electron chi connectivity index (χ3n) is 4.99. The van der Waals surface area contributed by atoms with E-state index in [1.807, 2.05) is 0 Å². The van der Waals surface area contributed by atoms with Crippen LogP contribution >= 0.6 is 0 Å². The molecule has 0 bridgehead atoms. The zero-order chi connectivity index (χ0) is 21.6. The lowest BCUT2D eigenvalue weighted by atomic mass is 10.1. The standard InChI is InChI=1S/C22H26FN3O3S/c1-2-13-30(27,28)26(16-17-3-5-19(23)6-4-17)20-7-8-22(18(14-20)15-24)29-21-9-11-25-12-10-21/h3-8,14,21,25H,2,9-13,16H2,1H3. The van der Waals surface area contributed by atoms with Gasteiger partial charge >= 0.3 is 0 Å². The van der Waals surface area contributed by atoms with Crippen LogP contribution in [-0.4, -0.2) is 33.4 Å². The Kier molecular flexibility index (Phi) is 7.29.